The summed E-state index contributed by atoms with van der Waals surface area (Å²) < 4.78 is 0. The zero-order valence-electron chi connectivity index (χ0n) is 11.8. The Morgan fingerprint density at radius 3 is 2.71 bits per heavy atom. The van der Waals surface area contributed by atoms with Crippen molar-refractivity contribution in [2.45, 2.75) is 70.9 Å². The molecule has 2 nitrogen and oxygen atoms in total. The molecule has 1 saturated heterocycles. The van der Waals surface area contributed by atoms with Crippen molar-refractivity contribution in [3.63, 3.8) is 0 Å². The molecular weight excluding hydrogens is 208 g/mol. The molecule has 0 bridgehead atoms. The molecule has 2 heteroatoms. The van der Waals surface area contributed by atoms with Crippen LogP contribution in [0.3, 0.4) is 0 Å². The first-order valence-electron chi connectivity index (χ1n) is 7.79. The molecule has 0 aromatic carbocycles. The number of piperazine rings is 1. The van der Waals surface area contributed by atoms with Gasteiger partial charge in [0.25, 0.3) is 0 Å². The van der Waals surface area contributed by atoms with Crippen molar-refractivity contribution in [2.24, 2.45) is 5.92 Å². The molecule has 0 amide bonds. The van der Waals surface area contributed by atoms with Gasteiger partial charge < -0.3 is 5.32 Å². The SMILES string of the molecule is CCCC(C)N1CCNCC1C1CCCCC1. The van der Waals surface area contributed by atoms with Gasteiger partial charge in [0, 0.05) is 31.7 Å². The van der Waals surface area contributed by atoms with Gasteiger partial charge in [-0.15, -0.1) is 0 Å². The fourth-order valence-electron chi connectivity index (χ4n) is 3.83. The van der Waals surface area contributed by atoms with Crippen molar-refractivity contribution < 1.29 is 0 Å². The lowest BCUT2D eigenvalue weighted by molar-refractivity contribution is 0.0562. The van der Waals surface area contributed by atoms with Gasteiger partial charge >= 0.3 is 0 Å². The topological polar surface area (TPSA) is 15.3 Å². The van der Waals surface area contributed by atoms with Crippen molar-refractivity contribution in [1.29, 1.82) is 0 Å². The number of hydrogen-bond acceptors (Lipinski definition) is 2. The van der Waals surface area contributed by atoms with Crippen LogP contribution in [0.5, 0.6) is 0 Å². The van der Waals surface area contributed by atoms with Crippen LogP contribution in [0.25, 0.3) is 0 Å². The van der Waals surface area contributed by atoms with Crippen LogP contribution in [0.1, 0.15) is 58.8 Å². The van der Waals surface area contributed by atoms with Crippen LogP contribution in [0.4, 0.5) is 0 Å². The van der Waals surface area contributed by atoms with Gasteiger partial charge in [-0.05, 0) is 32.1 Å². The third kappa shape index (κ3) is 3.45. The Morgan fingerprint density at radius 1 is 1.24 bits per heavy atom. The molecule has 2 rings (SSSR count). The van der Waals surface area contributed by atoms with E-state index in [1.807, 2.05) is 0 Å². The van der Waals surface area contributed by atoms with Crippen LogP contribution in [-0.4, -0.2) is 36.6 Å². The van der Waals surface area contributed by atoms with Gasteiger partial charge in [-0.25, -0.2) is 0 Å². The molecule has 2 unspecified atom stereocenters. The molecule has 17 heavy (non-hydrogen) atoms. The summed E-state index contributed by atoms with van der Waals surface area (Å²) in [6, 6.07) is 1.61. The lowest BCUT2D eigenvalue weighted by Gasteiger charge is -2.45. The van der Waals surface area contributed by atoms with E-state index in [-0.39, 0.29) is 0 Å². The van der Waals surface area contributed by atoms with Crippen LogP contribution in [0.2, 0.25) is 0 Å². The average Bonchev–Trinajstić information content (AvgIpc) is 2.40. The highest BCUT2D eigenvalue weighted by Crippen LogP contribution is 2.30. The van der Waals surface area contributed by atoms with E-state index < -0.39 is 0 Å². The zero-order chi connectivity index (χ0) is 12.1. The van der Waals surface area contributed by atoms with Crippen molar-refractivity contribution in [2.75, 3.05) is 19.6 Å². The molecule has 2 atom stereocenters. The minimum Gasteiger partial charge on any atom is -0.314 e. The third-order valence-corrected chi connectivity index (χ3v) is 4.79. The van der Waals surface area contributed by atoms with Crippen molar-refractivity contribution in [3.8, 4) is 0 Å². The largest absolute Gasteiger partial charge is 0.314 e. The first kappa shape index (κ1) is 13.4. The van der Waals surface area contributed by atoms with E-state index in [2.05, 4.69) is 24.1 Å². The second-order valence-corrected chi connectivity index (χ2v) is 6.05. The quantitative estimate of drug-likeness (QED) is 0.810. The summed E-state index contributed by atoms with van der Waals surface area (Å²) in [5.41, 5.74) is 0. The molecule has 1 aliphatic heterocycles. The smallest absolute Gasteiger partial charge is 0.0252 e. The van der Waals surface area contributed by atoms with Gasteiger partial charge in [-0.1, -0.05) is 32.6 Å². The highest BCUT2D eigenvalue weighted by atomic mass is 15.2. The normalized spacial score (nSPS) is 30.4. The van der Waals surface area contributed by atoms with Crippen molar-refractivity contribution >= 4 is 0 Å². The zero-order valence-corrected chi connectivity index (χ0v) is 11.8. The number of hydrogen-bond donors (Lipinski definition) is 1. The Morgan fingerprint density at radius 2 is 2.00 bits per heavy atom. The Labute approximate surface area is 107 Å². The Hall–Kier alpha value is -0.0800. The Kier molecular flexibility index (Phi) is 5.30. The minimum absolute atomic E-state index is 0.786. The molecular formula is C15H30N2. The lowest BCUT2D eigenvalue weighted by atomic mass is 9.82. The Balaban J connectivity index is 1.95. The predicted octanol–water partition coefficient (Wildman–Crippen LogP) is 3.03. The fraction of sp³-hybridized carbons (Fsp3) is 1.00. The average molecular weight is 238 g/mol. The highest BCUT2D eigenvalue weighted by molar-refractivity contribution is 4.89. The van der Waals surface area contributed by atoms with E-state index in [0.717, 1.165) is 18.0 Å². The first-order chi connectivity index (χ1) is 8.33. The van der Waals surface area contributed by atoms with Crippen LogP contribution in [0, 0.1) is 5.92 Å². The number of nitrogens with one attached hydrogen (secondary N) is 1. The van der Waals surface area contributed by atoms with Crippen molar-refractivity contribution in [1.82, 2.24) is 10.2 Å². The molecule has 2 aliphatic rings. The van der Waals surface area contributed by atoms with Gasteiger partial charge in [0.15, 0.2) is 0 Å². The van der Waals surface area contributed by atoms with E-state index in [1.165, 1.54) is 64.6 Å². The molecule has 100 valence electrons. The predicted molar refractivity (Wildman–Crippen MR) is 74.3 cm³/mol. The van der Waals surface area contributed by atoms with Gasteiger partial charge in [0.2, 0.25) is 0 Å². The lowest BCUT2D eigenvalue weighted by Crippen LogP contribution is -2.57. The molecule has 0 spiro atoms. The standard InChI is InChI=1S/C15H30N2/c1-3-7-13(2)17-11-10-16-12-15(17)14-8-5-4-6-9-14/h13-16H,3-12H2,1-2H3. The summed E-state index contributed by atoms with van der Waals surface area (Å²) >= 11 is 0. The second kappa shape index (κ2) is 6.75. The maximum atomic E-state index is 3.62. The molecule has 2 fully saturated rings. The van der Waals surface area contributed by atoms with Crippen LogP contribution in [0.15, 0.2) is 0 Å². The summed E-state index contributed by atoms with van der Waals surface area (Å²) in [7, 11) is 0. The maximum absolute atomic E-state index is 3.62. The van der Waals surface area contributed by atoms with E-state index >= 15 is 0 Å². The fourth-order valence-corrected chi connectivity index (χ4v) is 3.83. The number of nitrogens with zero attached hydrogens (tertiary/aromatic N) is 1. The molecule has 1 aliphatic carbocycles. The highest BCUT2D eigenvalue weighted by Gasteiger charge is 2.32. The summed E-state index contributed by atoms with van der Waals surface area (Å²) in [4.78, 5) is 2.82. The molecule has 1 N–H and O–H groups in total. The van der Waals surface area contributed by atoms with E-state index in [4.69, 9.17) is 0 Å². The second-order valence-electron chi connectivity index (χ2n) is 6.05. The summed E-state index contributed by atoms with van der Waals surface area (Å²) in [6.07, 6.45) is 10.0. The van der Waals surface area contributed by atoms with E-state index in [0.29, 0.717) is 0 Å². The van der Waals surface area contributed by atoms with E-state index in [1.54, 1.807) is 0 Å². The monoisotopic (exact) mass is 238 g/mol. The van der Waals surface area contributed by atoms with Gasteiger partial charge in [0.1, 0.15) is 0 Å². The van der Waals surface area contributed by atoms with Gasteiger partial charge in [-0.3, -0.25) is 4.90 Å². The maximum Gasteiger partial charge on any atom is 0.0252 e. The van der Waals surface area contributed by atoms with Crippen LogP contribution >= 0.6 is 0 Å². The van der Waals surface area contributed by atoms with Crippen LogP contribution < -0.4 is 5.32 Å². The molecule has 1 saturated carbocycles. The first-order valence-corrected chi connectivity index (χ1v) is 7.79. The van der Waals surface area contributed by atoms with E-state index in [9.17, 15) is 0 Å². The van der Waals surface area contributed by atoms with Crippen molar-refractivity contribution in [3.05, 3.63) is 0 Å². The third-order valence-electron chi connectivity index (χ3n) is 4.79. The molecule has 0 aromatic heterocycles. The molecule has 1 heterocycles. The summed E-state index contributed by atoms with van der Waals surface area (Å²) in [5, 5.41) is 3.62. The van der Waals surface area contributed by atoms with Gasteiger partial charge in [-0.2, -0.15) is 0 Å². The molecule has 0 aromatic rings. The van der Waals surface area contributed by atoms with Crippen LogP contribution in [-0.2, 0) is 0 Å². The van der Waals surface area contributed by atoms with Gasteiger partial charge in [0.05, 0.1) is 0 Å². The molecule has 0 radical (unpaired) electrons. The number of rotatable bonds is 4. The summed E-state index contributed by atoms with van der Waals surface area (Å²) in [5.74, 6) is 0.968. The Bertz CT molecular complexity index is 211. The summed E-state index contributed by atoms with van der Waals surface area (Å²) in [6.45, 7) is 8.44. The minimum atomic E-state index is 0.786.